The van der Waals surface area contributed by atoms with Crippen molar-refractivity contribution in [3.05, 3.63) is 61.2 Å². The summed E-state index contributed by atoms with van der Waals surface area (Å²) in [6, 6.07) is 12.0. The molecule has 2 aromatic rings. The molecule has 0 saturated heterocycles. The zero-order chi connectivity index (χ0) is 20.4. The SMILES string of the molecule is CC#N.O=P([O-])([n+]1ccccc1)[n+]1ccccc1.O=S(=O)([O-])C(F)(F)F. The minimum absolute atomic E-state index is 1.19. The summed E-state index contributed by atoms with van der Waals surface area (Å²) in [5.41, 5.74) is -5.65. The largest absolute Gasteiger partial charge is 0.741 e. The highest BCUT2D eigenvalue weighted by atomic mass is 32.2. The van der Waals surface area contributed by atoms with Gasteiger partial charge in [0.15, 0.2) is 34.9 Å². The zero-order valence-electron chi connectivity index (χ0n) is 13.1. The van der Waals surface area contributed by atoms with Gasteiger partial charge in [-0.25, -0.2) is 8.42 Å². The molecule has 0 amide bonds. The first-order valence-electron chi connectivity index (χ1n) is 6.46. The van der Waals surface area contributed by atoms with Gasteiger partial charge < -0.3 is 9.45 Å². The van der Waals surface area contributed by atoms with Gasteiger partial charge in [0.05, 0.1) is 6.07 Å². The highest BCUT2D eigenvalue weighted by Crippen LogP contribution is 2.21. The number of nitriles is 1. The first kappa shape index (κ1) is 23.7. The van der Waals surface area contributed by atoms with E-state index in [2.05, 4.69) is 0 Å². The van der Waals surface area contributed by atoms with Crippen LogP contribution in [0, 0.1) is 11.3 Å². The number of hydrogen-bond acceptors (Lipinski definition) is 6. The summed E-state index contributed by atoms with van der Waals surface area (Å²) in [6.07, 6.45) is 6.03. The number of alkyl halides is 3. The van der Waals surface area contributed by atoms with Crippen molar-refractivity contribution in [1.29, 1.82) is 5.26 Å². The number of pyridine rings is 2. The van der Waals surface area contributed by atoms with Gasteiger partial charge in [0.25, 0.3) is 0 Å². The van der Waals surface area contributed by atoms with Gasteiger partial charge in [-0.2, -0.15) is 23.0 Å². The third kappa shape index (κ3) is 7.71. The fourth-order valence-electron chi connectivity index (χ4n) is 1.24. The van der Waals surface area contributed by atoms with Gasteiger partial charge in [0.1, 0.15) is 0 Å². The van der Waals surface area contributed by atoms with Crippen LogP contribution in [0.2, 0.25) is 0 Å². The van der Waals surface area contributed by atoms with E-state index in [1.807, 2.05) is 0 Å². The predicted octanol–water partition coefficient (Wildman–Crippen LogP) is 0.708. The molecule has 0 radical (unpaired) electrons. The molecule has 0 aliphatic heterocycles. The smallest absolute Gasteiger partial charge is 0.540 e. The third-order valence-corrected chi connectivity index (χ3v) is 4.53. The molecule has 13 heteroatoms. The third-order valence-electron chi connectivity index (χ3n) is 2.27. The summed E-state index contributed by atoms with van der Waals surface area (Å²) >= 11 is 0. The standard InChI is InChI=1S/C10H10N2O2P.C2H3N.CHF3O3S/c13-15(14,11-7-3-1-4-8-11)12-9-5-2-6-10-12;1-2-3;2-1(3,4)8(5,6)7/h1-10H;1H3;(H,5,6,7)/q+1;;/p-1. The van der Waals surface area contributed by atoms with E-state index in [1.54, 1.807) is 42.5 Å². The summed E-state index contributed by atoms with van der Waals surface area (Å²) < 4.78 is 73.3. The van der Waals surface area contributed by atoms with Gasteiger partial charge in [0.2, 0.25) is 0 Å². The van der Waals surface area contributed by atoms with Gasteiger partial charge in [-0.1, -0.05) is 12.1 Å². The van der Waals surface area contributed by atoms with Gasteiger partial charge in [-0.3, -0.25) is 0 Å². The van der Waals surface area contributed by atoms with Crippen LogP contribution in [-0.2, 0) is 14.7 Å². The second-order valence-electron chi connectivity index (χ2n) is 4.13. The maximum Gasteiger partial charge on any atom is 0.540 e. The minimum Gasteiger partial charge on any atom is -0.741 e. The van der Waals surface area contributed by atoms with Crippen LogP contribution in [0.25, 0.3) is 0 Å². The highest BCUT2D eigenvalue weighted by Gasteiger charge is 2.37. The molecule has 0 atom stereocenters. The van der Waals surface area contributed by atoms with E-state index in [-0.39, 0.29) is 0 Å². The van der Waals surface area contributed by atoms with Crippen molar-refractivity contribution in [2.45, 2.75) is 12.4 Å². The summed E-state index contributed by atoms with van der Waals surface area (Å²) in [5.74, 6) is 0. The Hall–Kier alpha value is -2.32. The molecule has 0 spiro atoms. The fraction of sp³-hybridized carbons (Fsp3) is 0.154. The molecule has 0 saturated carbocycles. The predicted molar refractivity (Wildman–Crippen MR) is 78.7 cm³/mol. The number of aromatic nitrogens is 2. The van der Waals surface area contributed by atoms with Crippen LogP contribution in [0.4, 0.5) is 13.2 Å². The Labute approximate surface area is 147 Å². The molecule has 2 rings (SSSR count). The Kier molecular flexibility index (Phi) is 9.09. The van der Waals surface area contributed by atoms with Crippen LogP contribution in [0.5, 0.6) is 0 Å². The molecule has 0 bridgehead atoms. The Morgan fingerprint density at radius 3 is 1.38 bits per heavy atom. The molecule has 0 aliphatic carbocycles. The Bertz CT molecular complexity index is 828. The number of rotatable bonds is 2. The molecule has 2 heterocycles. The molecule has 0 fully saturated rings. The Morgan fingerprint density at radius 1 is 0.962 bits per heavy atom. The fourth-order valence-corrected chi connectivity index (χ4v) is 2.46. The van der Waals surface area contributed by atoms with Gasteiger partial charge in [-0.05, 0) is 0 Å². The maximum atomic E-state index is 12.0. The molecular formula is C13H13F3N3O5PS. The van der Waals surface area contributed by atoms with Gasteiger partial charge in [0, 0.05) is 31.2 Å². The molecule has 2 aromatic heterocycles. The monoisotopic (exact) mass is 411 g/mol. The van der Waals surface area contributed by atoms with Crippen LogP contribution in [0.3, 0.4) is 0 Å². The van der Waals surface area contributed by atoms with E-state index in [4.69, 9.17) is 18.2 Å². The first-order chi connectivity index (χ1) is 11.9. The number of nitrogens with zero attached hydrogens (tertiary/aromatic N) is 3. The second-order valence-corrected chi connectivity index (χ2v) is 7.40. The van der Waals surface area contributed by atoms with Crippen LogP contribution in [0.1, 0.15) is 6.92 Å². The van der Waals surface area contributed by atoms with Crippen molar-refractivity contribution in [2.75, 3.05) is 0 Å². The summed E-state index contributed by atoms with van der Waals surface area (Å²) in [7, 11) is -9.90. The van der Waals surface area contributed by atoms with E-state index < -0.39 is 23.3 Å². The summed E-state index contributed by atoms with van der Waals surface area (Å²) in [6.45, 7) is 1.43. The van der Waals surface area contributed by atoms with Gasteiger partial charge in [-0.15, -0.1) is 8.68 Å². The van der Waals surface area contributed by atoms with E-state index in [0.29, 0.717) is 0 Å². The molecule has 0 aromatic carbocycles. The first-order valence-corrected chi connectivity index (χ1v) is 9.40. The summed E-state index contributed by atoms with van der Waals surface area (Å²) in [4.78, 5) is 12.0. The lowest BCUT2D eigenvalue weighted by molar-refractivity contribution is -0.689. The van der Waals surface area contributed by atoms with Crippen molar-refractivity contribution >= 4 is 17.8 Å². The molecule has 0 N–H and O–H groups in total. The van der Waals surface area contributed by atoms with Crippen molar-refractivity contribution in [3.8, 4) is 6.07 Å². The molecule has 0 aliphatic rings. The topological polar surface area (TPSA) is 129 Å². The zero-order valence-corrected chi connectivity index (χ0v) is 14.9. The van der Waals surface area contributed by atoms with E-state index in [1.165, 1.54) is 40.4 Å². The van der Waals surface area contributed by atoms with E-state index >= 15 is 0 Å². The average molecular weight is 411 g/mol. The molecule has 142 valence electrons. The van der Waals surface area contributed by atoms with Crippen molar-refractivity contribution < 1.29 is 44.3 Å². The highest BCUT2D eigenvalue weighted by molar-refractivity contribution is 7.86. The van der Waals surface area contributed by atoms with Crippen molar-refractivity contribution in [3.63, 3.8) is 0 Å². The van der Waals surface area contributed by atoms with Gasteiger partial charge >= 0.3 is 13.2 Å². The van der Waals surface area contributed by atoms with Crippen LogP contribution >= 0.6 is 7.67 Å². The van der Waals surface area contributed by atoms with Crippen LogP contribution in [0.15, 0.2) is 61.2 Å². The Morgan fingerprint density at radius 2 is 1.19 bits per heavy atom. The number of hydrogen-bond donors (Lipinski definition) is 0. The second kappa shape index (κ2) is 9.98. The molecule has 0 unspecified atom stereocenters. The lowest BCUT2D eigenvalue weighted by atomic mass is 10.5. The van der Waals surface area contributed by atoms with Crippen molar-refractivity contribution in [1.82, 2.24) is 0 Å². The van der Waals surface area contributed by atoms with Crippen LogP contribution < -0.4 is 13.6 Å². The molecule has 26 heavy (non-hydrogen) atoms. The molecule has 8 nitrogen and oxygen atoms in total. The lowest BCUT2D eigenvalue weighted by Gasteiger charge is -2.08. The van der Waals surface area contributed by atoms with E-state index in [9.17, 15) is 22.6 Å². The summed E-state index contributed by atoms with van der Waals surface area (Å²) in [5, 5.41) is 7.32. The van der Waals surface area contributed by atoms with Crippen molar-refractivity contribution in [2.24, 2.45) is 0 Å². The lowest BCUT2D eigenvalue weighted by Crippen LogP contribution is -2.51. The quantitative estimate of drug-likeness (QED) is 0.407. The maximum absolute atomic E-state index is 12.0. The average Bonchev–Trinajstić information content (AvgIpc) is 2.56. The normalized spacial score (nSPS) is 11.1. The minimum atomic E-state index is -6.09. The number of halogens is 3. The molecular weight excluding hydrogens is 398 g/mol. The Balaban J connectivity index is 0.000000483. The van der Waals surface area contributed by atoms with E-state index in [0.717, 1.165) is 0 Å². The van der Waals surface area contributed by atoms with Crippen LogP contribution in [-0.4, -0.2) is 18.5 Å².